The maximum absolute atomic E-state index is 5.27. The predicted octanol–water partition coefficient (Wildman–Crippen LogP) is 2.12. The van der Waals surface area contributed by atoms with Crippen LogP contribution in [-0.4, -0.2) is 52.9 Å². The van der Waals surface area contributed by atoms with Crippen LogP contribution < -0.4 is 0 Å². The van der Waals surface area contributed by atoms with Crippen molar-refractivity contribution in [3.63, 3.8) is 0 Å². The Balaban J connectivity index is 0. The Hall–Kier alpha value is -0.160. The highest BCUT2D eigenvalue weighted by Crippen LogP contribution is 1.90. The standard InChI is InChI=1S/C8H18O2.C4H10O2/c1-7(2)9-5-6-10-8(3)4;1-5-3-4-6-2/h7-8H,5-6H2,1-4H3;3-4H2,1-2H3. The lowest BCUT2D eigenvalue weighted by Crippen LogP contribution is -2.12. The average Bonchev–Trinajstić information content (AvgIpc) is 2.22. The first-order valence-electron chi connectivity index (χ1n) is 5.75. The fraction of sp³-hybridized carbons (Fsp3) is 1.00. The van der Waals surface area contributed by atoms with Crippen molar-refractivity contribution in [2.45, 2.75) is 39.9 Å². The molecule has 0 aliphatic carbocycles. The number of rotatable bonds is 8. The zero-order chi connectivity index (χ0) is 12.8. The normalized spacial score (nSPS) is 10.5. The van der Waals surface area contributed by atoms with Gasteiger partial charge in [-0.15, -0.1) is 0 Å². The van der Waals surface area contributed by atoms with Gasteiger partial charge < -0.3 is 18.9 Å². The summed E-state index contributed by atoms with van der Waals surface area (Å²) in [6.45, 7) is 10.9. The van der Waals surface area contributed by atoms with Gasteiger partial charge >= 0.3 is 0 Å². The zero-order valence-electron chi connectivity index (χ0n) is 11.6. The van der Waals surface area contributed by atoms with Gasteiger partial charge in [-0.25, -0.2) is 0 Å². The Labute approximate surface area is 100 Å². The van der Waals surface area contributed by atoms with Crippen LogP contribution in [0.1, 0.15) is 27.7 Å². The van der Waals surface area contributed by atoms with E-state index in [0.717, 1.165) is 0 Å². The average molecular weight is 236 g/mol. The van der Waals surface area contributed by atoms with E-state index in [1.54, 1.807) is 14.2 Å². The molecule has 0 rings (SSSR count). The molecular weight excluding hydrogens is 208 g/mol. The molecule has 0 aromatic rings. The molecule has 0 saturated heterocycles. The summed E-state index contributed by atoms with van der Waals surface area (Å²) < 4.78 is 19.8. The van der Waals surface area contributed by atoms with Crippen LogP contribution in [-0.2, 0) is 18.9 Å². The summed E-state index contributed by atoms with van der Waals surface area (Å²) in [7, 11) is 3.30. The molecular formula is C12H28O4. The van der Waals surface area contributed by atoms with Gasteiger partial charge in [-0.3, -0.25) is 0 Å². The fourth-order valence-electron chi connectivity index (χ4n) is 0.734. The molecule has 0 saturated carbocycles. The van der Waals surface area contributed by atoms with Crippen molar-refractivity contribution in [2.75, 3.05) is 40.6 Å². The van der Waals surface area contributed by atoms with Crippen molar-refractivity contribution in [3.05, 3.63) is 0 Å². The topological polar surface area (TPSA) is 36.9 Å². The van der Waals surface area contributed by atoms with E-state index >= 15 is 0 Å². The van der Waals surface area contributed by atoms with E-state index < -0.39 is 0 Å². The minimum atomic E-state index is 0.316. The van der Waals surface area contributed by atoms with E-state index in [4.69, 9.17) is 9.47 Å². The van der Waals surface area contributed by atoms with Crippen molar-refractivity contribution in [2.24, 2.45) is 0 Å². The monoisotopic (exact) mass is 236 g/mol. The van der Waals surface area contributed by atoms with E-state index in [9.17, 15) is 0 Å². The van der Waals surface area contributed by atoms with Gasteiger partial charge in [-0.05, 0) is 27.7 Å². The molecule has 0 bridgehead atoms. The quantitative estimate of drug-likeness (QED) is 0.605. The zero-order valence-corrected chi connectivity index (χ0v) is 11.6. The largest absolute Gasteiger partial charge is 0.382 e. The summed E-state index contributed by atoms with van der Waals surface area (Å²) in [5.41, 5.74) is 0. The first-order chi connectivity index (χ1) is 7.54. The minimum absolute atomic E-state index is 0.316. The van der Waals surface area contributed by atoms with Crippen LogP contribution in [0.15, 0.2) is 0 Å². The maximum atomic E-state index is 5.27. The number of hydrogen-bond acceptors (Lipinski definition) is 4. The van der Waals surface area contributed by atoms with Crippen LogP contribution in [0.2, 0.25) is 0 Å². The van der Waals surface area contributed by atoms with Gasteiger partial charge in [-0.2, -0.15) is 0 Å². The second-order valence-electron chi connectivity index (χ2n) is 3.82. The summed E-state index contributed by atoms with van der Waals surface area (Å²) in [6.07, 6.45) is 0.631. The van der Waals surface area contributed by atoms with Gasteiger partial charge in [0.2, 0.25) is 0 Å². The van der Waals surface area contributed by atoms with E-state index in [0.29, 0.717) is 38.6 Å². The highest BCUT2D eigenvalue weighted by atomic mass is 16.5. The summed E-state index contributed by atoms with van der Waals surface area (Å²) >= 11 is 0. The molecule has 0 spiro atoms. The van der Waals surface area contributed by atoms with Crippen LogP contribution in [0.25, 0.3) is 0 Å². The molecule has 4 nitrogen and oxygen atoms in total. The third-order valence-corrected chi connectivity index (χ3v) is 1.48. The smallest absolute Gasteiger partial charge is 0.0704 e. The summed E-state index contributed by atoms with van der Waals surface area (Å²) in [5, 5.41) is 0. The lowest BCUT2D eigenvalue weighted by molar-refractivity contribution is -0.00108. The van der Waals surface area contributed by atoms with E-state index in [1.165, 1.54) is 0 Å². The van der Waals surface area contributed by atoms with Gasteiger partial charge in [-0.1, -0.05) is 0 Å². The van der Waals surface area contributed by atoms with Crippen molar-refractivity contribution < 1.29 is 18.9 Å². The molecule has 0 aliphatic heterocycles. The van der Waals surface area contributed by atoms with Crippen LogP contribution in [0.3, 0.4) is 0 Å². The summed E-state index contributed by atoms with van der Waals surface area (Å²) in [4.78, 5) is 0. The summed E-state index contributed by atoms with van der Waals surface area (Å²) in [5.74, 6) is 0. The lowest BCUT2D eigenvalue weighted by atomic mass is 10.5. The number of ether oxygens (including phenoxy) is 4. The second-order valence-corrected chi connectivity index (χ2v) is 3.82. The molecule has 0 unspecified atom stereocenters. The molecule has 0 N–H and O–H groups in total. The molecule has 100 valence electrons. The molecule has 0 fully saturated rings. The van der Waals surface area contributed by atoms with Gasteiger partial charge in [0, 0.05) is 14.2 Å². The predicted molar refractivity (Wildman–Crippen MR) is 65.9 cm³/mol. The van der Waals surface area contributed by atoms with Gasteiger partial charge in [0.25, 0.3) is 0 Å². The molecule has 0 radical (unpaired) electrons. The first-order valence-corrected chi connectivity index (χ1v) is 5.75. The molecule has 0 aromatic carbocycles. The Morgan fingerprint density at radius 1 is 0.625 bits per heavy atom. The van der Waals surface area contributed by atoms with Crippen LogP contribution in [0.5, 0.6) is 0 Å². The Morgan fingerprint density at radius 3 is 1.12 bits per heavy atom. The van der Waals surface area contributed by atoms with Gasteiger partial charge in [0.05, 0.1) is 38.6 Å². The highest BCUT2D eigenvalue weighted by Gasteiger charge is 1.94. The van der Waals surface area contributed by atoms with E-state index in [2.05, 4.69) is 9.47 Å². The third kappa shape index (κ3) is 23.6. The molecule has 4 heteroatoms. The van der Waals surface area contributed by atoms with Crippen LogP contribution in [0.4, 0.5) is 0 Å². The first kappa shape index (κ1) is 18.2. The van der Waals surface area contributed by atoms with Crippen LogP contribution in [0, 0.1) is 0 Å². The Bertz CT molecular complexity index is 102. The molecule has 0 amide bonds. The molecule has 0 aliphatic rings. The van der Waals surface area contributed by atoms with Crippen molar-refractivity contribution in [1.82, 2.24) is 0 Å². The fourth-order valence-corrected chi connectivity index (χ4v) is 0.734. The lowest BCUT2D eigenvalue weighted by Gasteiger charge is -2.09. The second kappa shape index (κ2) is 14.8. The van der Waals surface area contributed by atoms with Crippen molar-refractivity contribution >= 4 is 0 Å². The SMILES string of the molecule is CC(C)OCCOC(C)C.COCCOC. The molecule has 16 heavy (non-hydrogen) atoms. The van der Waals surface area contributed by atoms with E-state index in [1.807, 2.05) is 27.7 Å². The van der Waals surface area contributed by atoms with Gasteiger partial charge in [0.15, 0.2) is 0 Å². The van der Waals surface area contributed by atoms with Crippen molar-refractivity contribution in [3.8, 4) is 0 Å². The highest BCUT2D eigenvalue weighted by molar-refractivity contribution is 4.39. The minimum Gasteiger partial charge on any atom is -0.382 e. The van der Waals surface area contributed by atoms with Gasteiger partial charge in [0.1, 0.15) is 0 Å². The van der Waals surface area contributed by atoms with E-state index in [-0.39, 0.29) is 0 Å². The Morgan fingerprint density at radius 2 is 0.938 bits per heavy atom. The summed E-state index contributed by atoms with van der Waals surface area (Å²) in [6, 6.07) is 0. The number of hydrogen-bond donors (Lipinski definition) is 0. The van der Waals surface area contributed by atoms with Crippen LogP contribution >= 0.6 is 0 Å². The molecule has 0 atom stereocenters. The third-order valence-electron chi connectivity index (χ3n) is 1.48. The molecule has 0 aromatic heterocycles. The molecule has 0 heterocycles. The Kier molecular flexibility index (Phi) is 16.9. The maximum Gasteiger partial charge on any atom is 0.0704 e. The van der Waals surface area contributed by atoms with Crippen molar-refractivity contribution in [1.29, 1.82) is 0 Å². The number of methoxy groups -OCH3 is 2.